The fraction of sp³-hybridized carbons (Fsp3) is 0.581. The summed E-state index contributed by atoms with van der Waals surface area (Å²) in [7, 11) is 0. The standard InChI is InChI=1S/C31H43BrO3/c1-2-3-4-5-6-7-8-9-10-14-23-34-30-22-19-27(24-29(30)32)31(33)35-28-20-17-26(18-21-28)25-15-12-11-13-16-25/h17-22,24-25H,2-16,23H2,1H3. The molecule has 0 amide bonds. The van der Waals surface area contributed by atoms with E-state index in [9.17, 15) is 4.79 Å². The van der Waals surface area contributed by atoms with Crippen LogP contribution in [0.2, 0.25) is 0 Å². The monoisotopic (exact) mass is 542 g/mol. The Morgan fingerprint density at radius 3 is 2.09 bits per heavy atom. The molecule has 0 heterocycles. The summed E-state index contributed by atoms with van der Waals surface area (Å²) in [5, 5.41) is 0. The zero-order chi connectivity index (χ0) is 24.7. The van der Waals surface area contributed by atoms with Crippen LogP contribution in [0.1, 0.15) is 125 Å². The van der Waals surface area contributed by atoms with Crippen molar-refractivity contribution in [1.82, 2.24) is 0 Å². The predicted octanol–water partition coefficient (Wildman–Crippen LogP) is 10.0. The molecule has 0 N–H and O–H groups in total. The van der Waals surface area contributed by atoms with Gasteiger partial charge in [0.2, 0.25) is 0 Å². The number of carbonyl (C=O) groups excluding carboxylic acids is 1. The van der Waals surface area contributed by atoms with Crippen LogP contribution in [0.4, 0.5) is 0 Å². The van der Waals surface area contributed by atoms with Crippen LogP contribution in [0.5, 0.6) is 11.5 Å². The van der Waals surface area contributed by atoms with E-state index in [1.54, 1.807) is 12.1 Å². The third-order valence-electron chi connectivity index (χ3n) is 7.09. The Morgan fingerprint density at radius 1 is 0.829 bits per heavy atom. The van der Waals surface area contributed by atoms with E-state index in [4.69, 9.17) is 9.47 Å². The molecule has 0 aliphatic heterocycles. The van der Waals surface area contributed by atoms with Crippen molar-refractivity contribution in [1.29, 1.82) is 0 Å². The molecule has 35 heavy (non-hydrogen) atoms. The molecule has 1 fully saturated rings. The molecule has 0 radical (unpaired) electrons. The molecule has 3 nitrogen and oxygen atoms in total. The summed E-state index contributed by atoms with van der Waals surface area (Å²) < 4.78 is 12.3. The van der Waals surface area contributed by atoms with Crippen LogP contribution in [-0.2, 0) is 0 Å². The van der Waals surface area contributed by atoms with Crippen LogP contribution < -0.4 is 9.47 Å². The molecule has 1 aliphatic carbocycles. The number of ether oxygens (including phenoxy) is 2. The SMILES string of the molecule is CCCCCCCCCCCCOc1ccc(C(=O)Oc2ccc(C3CCCCC3)cc2)cc1Br. The lowest BCUT2D eigenvalue weighted by Gasteiger charge is -2.22. The van der Waals surface area contributed by atoms with Crippen LogP contribution >= 0.6 is 15.9 Å². The number of carbonyl (C=O) groups is 1. The van der Waals surface area contributed by atoms with Gasteiger partial charge in [-0.25, -0.2) is 4.79 Å². The summed E-state index contributed by atoms with van der Waals surface area (Å²) in [5.74, 6) is 1.66. The van der Waals surface area contributed by atoms with Gasteiger partial charge in [-0.05, 0) is 77.0 Å². The first-order valence-electron chi connectivity index (χ1n) is 13.9. The van der Waals surface area contributed by atoms with E-state index in [-0.39, 0.29) is 5.97 Å². The van der Waals surface area contributed by atoms with Crippen LogP contribution in [-0.4, -0.2) is 12.6 Å². The molecule has 1 aliphatic rings. The molecule has 0 saturated heterocycles. The highest BCUT2D eigenvalue weighted by Gasteiger charge is 2.16. The van der Waals surface area contributed by atoms with E-state index in [1.807, 2.05) is 18.2 Å². The number of hydrogen-bond donors (Lipinski definition) is 0. The first-order valence-corrected chi connectivity index (χ1v) is 14.7. The van der Waals surface area contributed by atoms with Crippen LogP contribution in [0.3, 0.4) is 0 Å². The van der Waals surface area contributed by atoms with Crippen molar-refractivity contribution >= 4 is 21.9 Å². The lowest BCUT2D eigenvalue weighted by molar-refractivity contribution is 0.0734. The molecular formula is C31H43BrO3. The zero-order valence-electron chi connectivity index (χ0n) is 21.5. The molecule has 2 aromatic carbocycles. The number of rotatable bonds is 15. The van der Waals surface area contributed by atoms with Crippen LogP contribution in [0, 0.1) is 0 Å². The lowest BCUT2D eigenvalue weighted by Crippen LogP contribution is -2.09. The van der Waals surface area contributed by atoms with Crippen molar-refractivity contribution in [2.75, 3.05) is 6.61 Å². The second-order valence-corrected chi connectivity index (χ2v) is 10.8. The molecule has 4 heteroatoms. The summed E-state index contributed by atoms with van der Waals surface area (Å²) >= 11 is 3.55. The Labute approximate surface area is 221 Å². The van der Waals surface area contributed by atoms with Gasteiger partial charge >= 0.3 is 5.97 Å². The Kier molecular flexibility index (Phi) is 12.7. The van der Waals surface area contributed by atoms with Gasteiger partial charge in [0.05, 0.1) is 16.6 Å². The fourth-order valence-corrected chi connectivity index (χ4v) is 5.42. The van der Waals surface area contributed by atoms with E-state index >= 15 is 0 Å². The van der Waals surface area contributed by atoms with Crippen molar-refractivity contribution in [2.45, 2.75) is 109 Å². The minimum Gasteiger partial charge on any atom is -0.492 e. The van der Waals surface area contributed by atoms with Gasteiger partial charge in [-0.2, -0.15) is 0 Å². The lowest BCUT2D eigenvalue weighted by atomic mass is 9.84. The quantitative estimate of drug-likeness (QED) is 0.127. The Balaban J connectivity index is 1.35. The molecule has 0 unspecified atom stereocenters. The average Bonchev–Trinajstić information content (AvgIpc) is 2.89. The molecule has 2 aromatic rings. The Bertz CT molecular complexity index is 871. The van der Waals surface area contributed by atoms with E-state index in [1.165, 1.54) is 95.5 Å². The molecule has 192 valence electrons. The van der Waals surface area contributed by atoms with E-state index in [2.05, 4.69) is 35.0 Å². The maximum Gasteiger partial charge on any atom is 0.343 e. The second kappa shape index (κ2) is 16.0. The van der Waals surface area contributed by atoms with Gasteiger partial charge in [0.25, 0.3) is 0 Å². The second-order valence-electron chi connectivity index (χ2n) is 9.97. The number of benzene rings is 2. The summed E-state index contributed by atoms with van der Waals surface area (Å²) in [6.07, 6.45) is 19.6. The molecule has 0 atom stereocenters. The zero-order valence-corrected chi connectivity index (χ0v) is 23.1. The molecule has 0 bridgehead atoms. The van der Waals surface area contributed by atoms with Gasteiger partial charge in [-0.3, -0.25) is 0 Å². The maximum atomic E-state index is 12.6. The third kappa shape index (κ3) is 9.99. The first-order chi connectivity index (χ1) is 17.2. The Morgan fingerprint density at radius 2 is 1.46 bits per heavy atom. The largest absolute Gasteiger partial charge is 0.492 e. The van der Waals surface area contributed by atoms with Crippen molar-refractivity contribution in [2.24, 2.45) is 0 Å². The molecule has 0 aromatic heterocycles. The smallest absolute Gasteiger partial charge is 0.343 e. The molecule has 0 spiro atoms. The van der Waals surface area contributed by atoms with Gasteiger partial charge in [-0.1, -0.05) is 96.1 Å². The van der Waals surface area contributed by atoms with Crippen molar-refractivity contribution in [3.05, 3.63) is 58.1 Å². The summed E-state index contributed by atoms with van der Waals surface area (Å²) in [6, 6.07) is 13.5. The number of hydrogen-bond acceptors (Lipinski definition) is 3. The van der Waals surface area contributed by atoms with E-state index in [0.717, 1.165) is 16.6 Å². The first kappa shape index (κ1) is 27.8. The molecule has 1 saturated carbocycles. The van der Waals surface area contributed by atoms with Gasteiger partial charge in [0, 0.05) is 0 Å². The summed E-state index contributed by atoms with van der Waals surface area (Å²) in [4.78, 5) is 12.6. The van der Waals surface area contributed by atoms with Crippen LogP contribution in [0.25, 0.3) is 0 Å². The fourth-order valence-electron chi connectivity index (χ4n) is 4.93. The minimum absolute atomic E-state index is 0.350. The van der Waals surface area contributed by atoms with Gasteiger partial charge in [-0.15, -0.1) is 0 Å². The number of halogens is 1. The minimum atomic E-state index is -0.350. The van der Waals surface area contributed by atoms with Gasteiger partial charge in [0.15, 0.2) is 0 Å². The Hall–Kier alpha value is -1.81. The highest BCUT2D eigenvalue weighted by Crippen LogP contribution is 2.33. The average molecular weight is 544 g/mol. The molecule has 3 rings (SSSR count). The highest BCUT2D eigenvalue weighted by molar-refractivity contribution is 9.10. The third-order valence-corrected chi connectivity index (χ3v) is 7.71. The number of unbranched alkanes of at least 4 members (excludes halogenated alkanes) is 9. The summed E-state index contributed by atoms with van der Waals surface area (Å²) in [6.45, 7) is 2.97. The van der Waals surface area contributed by atoms with Crippen molar-refractivity contribution in [3.63, 3.8) is 0 Å². The maximum absolute atomic E-state index is 12.6. The van der Waals surface area contributed by atoms with Crippen molar-refractivity contribution < 1.29 is 14.3 Å². The number of esters is 1. The van der Waals surface area contributed by atoms with Crippen molar-refractivity contribution in [3.8, 4) is 11.5 Å². The van der Waals surface area contributed by atoms with Gasteiger partial charge < -0.3 is 9.47 Å². The molecular weight excluding hydrogens is 500 g/mol. The van der Waals surface area contributed by atoms with E-state index < -0.39 is 0 Å². The summed E-state index contributed by atoms with van der Waals surface area (Å²) in [5.41, 5.74) is 1.87. The highest BCUT2D eigenvalue weighted by atomic mass is 79.9. The van der Waals surface area contributed by atoms with Crippen LogP contribution in [0.15, 0.2) is 46.9 Å². The predicted molar refractivity (Wildman–Crippen MR) is 149 cm³/mol. The normalized spacial score (nSPS) is 14.1. The van der Waals surface area contributed by atoms with E-state index in [0.29, 0.717) is 23.8 Å². The van der Waals surface area contributed by atoms with Gasteiger partial charge in [0.1, 0.15) is 11.5 Å². The topological polar surface area (TPSA) is 35.5 Å².